The monoisotopic (exact) mass is 224 g/mol. The van der Waals surface area contributed by atoms with Crippen molar-refractivity contribution in [3.8, 4) is 0 Å². The molecule has 16 heavy (non-hydrogen) atoms. The molecule has 1 fully saturated rings. The molecule has 1 unspecified atom stereocenters. The summed E-state index contributed by atoms with van der Waals surface area (Å²) in [6, 6.07) is 0. The summed E-state index contributed by atoms with van der Waals surface area (Å²) >= 11 is 0. The molecular formula is C9H16N6O. The molecule has 0 bridgehead atoms. The number of hydrazine groups is 1. The van der Waals surface area contributed by atoms with Crippen LogP contribution in [0.3, 0.4) is 0 Å². The minimum absolute atomic E-state index is 0.239. The van der Waals surface area contributed by atoms with Crippen molar-refractivity contribution >= 4 is 17.3 Å². The maximum Gasteiger partial charge on any atom is 0.168 e. The average Bonchev–Trinajstić information content (AvgIpc) is 2.81. The Bertz CT molecular complexity index is 352. The zero-order valence-corrected chi connectivity index (χ0v) is 8.94. The second-order valence-corrected chi connectivity index (χ2v) is 3.64. The van der Waals surface area contributed by atoms with Crippen LogP contribution in [0.5, 0.6) is 0 Å². The molecule has 0 amide bonds. The Morgan fingerprint density at radius 2 is 2.25 bits per heavy atom. The van der Waals surface area contributed by atoms with Gasteiger partial charge in [-0.05, 0) is 12.8 Å². The lowest BCUT2D eigenvalue weighted by Gasteiger charge is -2.13. The van der Waals surface area contributed by atoms with Crippen molar-refractivity contribution in [1.82, 2.24) is 9.97 Å². The zero-order chi connectivity index (χ0) is 11.4. The SMILES string of the molecule is NNc1ncnc(NCC2CCCO2)c1N. The van der Waals surface area contributed by atoms with Crippen LogP contribution in [0.4, 0.5) is 17.3 Å². The van der Waals surface area contributed by atoms with Crippen molar-refractivity contribution < 1.29 is 4.74 Å². The Morgan fingerprint density at radius 3 is 2.94 bits per heavy atom. The van der Waals surface area contributed by atoms with Crippen molar-refractivity contribution in [2.45, 2.75) is 18.9 Å². The highest BCUT2D eigenvalue weighted by atomic mass is 16.5. The van der Waals surface area contributed by atoms with E-state index in [0.29, 0.717) is 23.9 Å². The van der Waals surface area contributed by atoms with E-state index in [-0.39, 0.29) is 6.10 Å². The maximum absolute atomic E-state index is 5.81. The Labute approximate surface area is 93.6 Å². The predicted octanol–water partition coefficient (Wildman–Crippen LogP) is -0.0647. The number of nitrogens with one attached hydrogen (secondary N) is 2. The van der Waals surface area contributed by atoms with Gasteiger partial charge in [-0.3, -0.25) is 0 Å². The van der Waals surface area contributed by atoms with Crippen LogP contribution in [0.2, 0.25) is 0 Å². The average molecular weight is 224 g/mol. The largest absolute Gasteiger partial charge is 0.393 e. The summed E-state index contributed by atoms with van der Waals surface area (Å²) in [4.78, 5) is 7.94. The Kier molecular flexibility index (Phi) is 3.37. The van der Waals surface area contributed by atoms with Gasteiger partial charge in [0.1, 0.15) is 12.0 Å². The van der Waals surface area contributed by atoms with Crippen LogP contribution >= 0.6 is 0 Å². The number of nitrogens with zero attached hydrogens (tertiary/aromatic N) is 2. The summed E-state index contributed by atoms with van der Waals surface area (Å²) in [6.45, 7) is 1.53. The summed E-state index contributed by atoms with van der Waals surface area (Å²) in [5, 5.41) is 3.13. The Balaban J connectivity index is 1.97. The fraction of sp³-hybridized carbons (Fsp3) is 0.556. The van der Waals surface area contributed by atoms with Crippen LogP contribution in [0.1, 0.15) is 12.8 Å². The molecule has 2 heterocycles. The summed E-state index contributed by atoms with van der Waals surface area (Å²) in [6.07, 6.45) is 3.83. The molecule has 6 N–H and O–H groups in total. The molecule has 1 aliphatic heterocycles. The number of aromatic nitrogens is 2. The van der Waals surface area contributed by atoms with Crippen molar-refractivity contribution in [1.29, 1.82) is 0 Å². The van der Waals surface area contributed by atoms with E-state index in [0.717, 1.165) is 19.4 Å². The van der Waals surface area contributed by atoms with Crippen molar-refractivity contribution in [3.05, 3.63) is 6.33 Å². The number of nitrogen functional groups attached to an aromatic ring is 2. The molecule has 1 atom stereocenters. The van der Waals surface area contributed by atoms with Crippen LogP contribution < -0.4 is 22.3 Å². The molecule has 1 aliphatic rings. The van der Waals surface area contributed by atoms with E-state index in [1.807, 2.05) is 0 Å². The second kappa shape index (κ2) is 4.95. The molecule has 1 aromatic heterocycles. The van der Waals surface area contributed by atoms with Crippen LogP contribution in [-0.4, -0.2) is 29.2 Å². The second-order valence-electron chi connectivity index (χ2n) is 3.64. The number of hydrogen-bond acceptors (Lipinski definition) is 7. The van der Waals surface area contributed by atoms with E-state index in [9.17, 15) is 0 Å². The zero-order valence-electron chi connectivity index (χ0n) is 8.94. The normalized spacial score (nSPS) is 19.7. The molecule has 1 aromatic rings. The first-order valence-corrected chi connectivity index (χ1v) is 5.24. The number of hydrogen-bond donors (Lipinski definition) is 4. The summed E-state index contributed by atoms with van der Waals surface area (Å²) in [5.74, 6) is 6.27. The van der Waals surface area contributed by atoms with Crippen molar-refractivity contribution in [3.63, 3.8) is 0 Å². The predicted molar refractivity (Wildman–Crippen MR) is 61.7 cm³/mol. The standard InChI is InChI=1S/C9H16N6O/c10-7-8(13-5-14-9(7)15-11)12-4-6-2-1-3-16-6/h5-6H,1-4,10-11H2,(H2,12,13,14,15). The molecule has 0 saturated carbocycles. The van der Waals surface area contributed by atoms with Gasteiger partial charge in [-0.25, -0.2) is 15.8 Å². The molecule has 0 radical (unpaired) electrons. The fourth-order valence-corrected chi connectivity index (χ4v) is 1.67. The van der Waals surface area contributed by atoms with E-state index in [1.54, 1.807) is 0 Å². The smallest absolute Gasteiger partial charge is 0.168 e. The van der Waals surface area contributed by atoms with E-state index in [1.165, 1.54) is 6.33 Å². The molecule has 0 spiro atoms. The third-order valence-electron chi connectivity index (χ3n) is 2.54. The highest BCUT2D eigenvalue weighted by Crippen LogP contribution is 2.22. The minimum atomic E-state index is 0.239. The van der Waals surface area contributed by atoms with Gasteiger partial charge < -0.3 is 21.2 Å². The first-order chi connectivity index (χ1) is 7.81. The van der Waals surface area contributed by atoms with Gasteiger partial charge in [0.05, 0.1) is 6.10 Å². The van der Waals surface area contributed by atoms with Crippen LogP contribution in [0.25, 0.3) is 0 Å². The Hall–Kier alpha value is -1.60. The number of rotatable bonds is 4. The minimum Gasteiger partial charge on any atom is -0.393 e. The molecular weight excluding hydrogens is 208 g/mol. The number of anilines is 3. The molecule has 0 aromatic carbocycles. The van der Waals surface area contributed by atoms with Gasteiger partial charge in [0.2, 0.25) is 0 Å². The fourth-order valence-electron chi connectivity index (χ4n) is 1.67. The summed E-state index contributed by atoms with van der Waals surface area (Å²) in [5.41, 5.74) is 8.64. The van der Waals surface area contributed by atoms with Crippen LogP contribution in [0.15, 0.2) is 6.33 Å². The van der Waals surface area contributed by atoms with Gasteiger partial charge >= 0.3 is 0 Å². The molecule has 0 aliphatic carbocycles. The van der Waals surface area contributed by atoms with E-state index >= 15 is 0 Å². The molecule has 7 nitrogen and oxygen atoms in total. The third kappa shape index (κ3) is 2.31. The Morgan fingerprint density at radius 1 is 1.44 bits per heavy atom. The number of nitrogens with two attached hydrogens (primary N) is 2. The van der Waals surface area contributed by atoms with E-state index in [2.05, 4.69) is 20.7 Å². The highest BCUT2D eigenvalue weighted by Gasteiger charge is 2.16. The van der Waals surface area contributed by atoms with E-state index < -0.39 is 0 Å². The maximum atomic E-state index is 5.81. The number of ether oxygens (including phenoxy) is 1. The van der Waals surface area contributed by atoms with Gasteiger partial charge in [-0.15, -0.1) is 0 Å². The summed E-state index contributed by atoms with van der Waals surface area (Å²) in [7, 11) is 0. The molecule has 1 saturated heterocycles. The first kappa shape index (κ1) is 10.9. The molecule has 88 valence electrons. The lowest BCUT2D eigenvalue weighted by atomic mass is 10.2. The van der Waals surface area contributed by atoms with Gasteiger partial charge in [0.25, 0.3) is 0 Å². The van der Waals surface area contributed by atoms with E-state index in [4.69, 9.17) is 16.3 Å². The lowest BCUT2D eigenvalue weighted by Crippen LogP contribution is -2.20. The summed E-state index contributed by atoms with van der Waals surface area (Å²) < 4.78 is 5.48. The van der Waals surface area contributed by atoms with Gasteiger partial charge in [0.15, 0.2) is 11.6 Å². The van der Waals surface area contributed by atoms with Crippen LogP contribution in [0, 0.1) is 0 Å². The van der Waals surface area contributed by atoms with Gasteiger partial charge in [-0.1, -0.05) is 0 Å². The van der Waals surface area contributed by atoms with Crippen LogP contribution in [-0.2, 0) is 4.74 Å². The topological polar surface area (TPSA) is 111 Å². The van der Waals surface area contributed by atoms with Crippen molar-refractivity contribution in [2.24, 2.45) is 5.84 Å². The third-order valence-corrected chi connectivity index (χ3v) is 2.54. The van der Waals surface area contributed by atoms with Gasteiger partial charge in [-0.2, -0.15) is 0 Å². The molecule has 2 rings (SSSR count). The quantitative estimate of drug-likeness (QED) is 0.418. The lowest BCUT2D eigenvalue weighted by molar-refractivity contribution is 0.120. The first-order valence-electron chi connectivity index (χ1n) is 5.24. The van der Waals surface area contributed by atoms with Gasteiger partial charge in [0, 0.05) is 13.2 Å². The highest BCUT2D eigenvalue weighted by molar-refractivity contribution is 5.73. The molecule has 7 heteroatoms. The van der Waals surface area contributed by atoms with Crippen molar-refractivity contribution in [2.75, 3.05) is 29.6 Å².